The van der Waals surface area contributed by atoms with Gasteiger partial charge in [0.05, 0.1) is 23.0 Å². The van der Waals surface area contributed by atoms with Crippen LogP contribution in [0.1, 0.15) is 71.7 Å². The van der Waals surface area contributed by atoms with Gasteiger partial charge in [0.15, 0.2) is 10.9 Å². The van der Waals surface area contributed by atoms with Crippen molar-refractivity contribution >= 4 is 32.7 Å². The van der Waals surface area contributed by atoms with Crippen LogP contribution in [0, 0.1) is 12.7 Å². The van der Waals surface area contributed by atoms with Crippen LogP contribution in [-0.2, 0) is 11.3 Å². The van der Waals surface area contributed by atoms with Crippen molar-refractivity contribution < 1.29 is 23.6 Å². The van der Waals surface area contributed by atoms with E-state index >= 15 is 0 Å². The number of aryl methyl sites for hydroxylation is 1. The topological polar surface area (TPSA) is 88.7 Å². The van der Waals surface area contributed by atoms with Gasteiger partial charge in [0.2, 0.25) is 0 Å². The largest absolute Gasteiger partial charge is 0.478 e. The number of aromatic carboxylic acids is 1. The third kappa shape index (κ3) is 4.08. The van der Waals surface area contributed by atoms with Gasteiger partial charge < -0.3 is 19.3 Å². The lowest BCUT2D eigenvalue weighted by atomic mass is 9.99. The van der Waals surface area contributed by atoms with Crippen molar-refractivity contribution in [2.45, 2.75) is 76.2 Å². The van der Waals surface area contributed by atoms with Gasteiger partial charge in [0.25, 0.3) is 0 Å². The number of carboxylic acids is 1. The van der Waals surface area contributed by atoms with Gasteiger partial charge in [0.1, 0.15) is 17.0 Å². The molecule has 1 saturated carbocycles. The van der Waals surface area contributed by atoms with E-state index in [1.165, 1.54) is 23.0 Å². The third-order valence-corrected chi connectivity index (χ3v) is 9.24. The fourth-order valence-corrected chi connectivity index (χ4v) is 7.33. The van der Waals surface area contributed by atoms with E-state index in [1.807, 2.05) is 12.1 Å². The monoisotopic (exact) mass is 533 g/mol. The highest BCUT2D eigenvalue weighted by Gasteiger charge is 2.43. The van der Waals surface area contributed by atoms with Crippen molar-refractivity contribution in [1.29, 1.82) is 0 Å². The van der Waals surface area contributed by atoms with Crippen LogP contribution in [0.2, 0.25) is 0 Å². The first-order chi connectivity index (χ1) is 18.5. The minimum atomic E-state index is -1.14. The predicted molar refractivity (Wildman–Crippen MR) is 142 cm³/mol. The molecule has 196 valence electrons. The Kier molecular flexibility index (Phi) is 5.74. The van der Waals surface area contributed by atoms with E-state index in [1.54, 1.807) is 0 Å². The molecule has 4 aromatic rings. The summed E-state index contributed by atoms with van der Waals surface area (Å²) in [6, 6.07) is 11.3. The number of ether oxygens (including phenoxy) is 1. The number of nitrogens with zero attached hydrogens (tertiary/aromatic N) is 3. The number of hydrogen-bond donors (Lipinski definition) is 1. The fourth-order valence-electron chi connectivity index (χ4n) is 6.17. The lowest BCUT2D eigenvalue weighted by molar-refractivity contribution is 0.0147. The van der Waals surface area contributed by atoms with Crippen molar-refractivity contribution in [2.24, 2.45) is 0 Å². The number of fused-ring (bicyclic) bond motifs is 3. The van der Waals surface area contributed by atoms with Crippen LogP contribution >= 0.6 is 11.3 Å². The molecule has 0 radical (unpaired) electrons. The maximum absolute atomic E-state index is 14.6. The van der Waals surface area contributed by atoms with Crippen LogP contribution in [0.15, 0.2) is 40.9 Å². The Morgan fingerprint density at radius 2 is 1.95 bits per heavy atom. The molecule has 0 unspecified atom stereocenters. The molecule has 38 heavy (non-hydrogen) atoms. The molecule has 2 saturated heterocycles. The average molecular weight is 534 g/mol. The number of rotatable bonds is 7. The molecule has 1 aliphatic carbocycles. The lowest BCUT2D eigenvalue weighted by Crippen LogP contribution is -2.45. The first kappa shape index (κ1) is 23.8. The summed E-state index contributed by atoms with van der Waals surface area (Å²) in [5.74, 6) is -0.307. The second kappa shape index (κ2) is 9.17. The molecule has 0 amide bonds. The second-order valence-electron chi connectivity index (χ2n) is 10.8. The Morgan fingerprint density at radius 1 is 1.18 bits per heavy atom. The van der Waals surface area contributed by atoms with E-state index in [9.17, 15) is 14.3 Å². The number of anilines is 1. The van der Waals surface area contributed by atoms with Crippen molar-refractivity contribution in [3.05, 3.63) is 64.7 Å². The highest BCUT2D eigenvalue weighted by molar-refractivity contribution is 7.22. The Labute approximate surface area is 223 Å². The minimum Gasteiger partial charge on any atom is -0.478 e. The van der Waals surface area contributed by atoms with Crippen molar-refractivity contribution in [2.75, 3.05) is 4.90 Å². The molecular weight excluding hydrogens is 505 g/mol. The van der Waals surface area contributed by atoms with E-state index < -0.39 is 11.8 Å². The quantitative estimate of drug-likeness (QED) is 0.283. The van der Waals surface area contributed by atoms with Crippen molar-refractivity contribution in [3.63, 3.8) is 0 Å². The van der Waals surface area contributed by atoms with Gasteiger partial charge in [-0.2, -0.15) is 0 Å². The number of thiazole rings is 1. The Bertz CT molecular complexity index is 1530. The molecule has 2 aromatic carbocycles. The maximum atomic E-state index is 14.6. The van der Waals surface area contributed by atoms with Gasteiger partial charge >= 0.3 is 5.97 Å². The van der Waals surface area contributed by atoms with Crippen LogP contribution in [0.5, 0.6) is 0 Å². The number of aromatic nitrogens is 2. The number of carboxylic acid groups (broad SMARTS) is 1. The lowest BCUT2D eigenvalue weighted by Gasteiger charge is -2.38. The van der Waals surface area contributed by atoms with E-state index in [0.29, 0.717) is 17.2 Å². The maximum Gasteiger partial charge on any atom is 0.335 e. The zero-order chi connectivity index (χ0) is 26.0. The van der Waals surface area contributed by atoms with Gasteiger partial charge in [-0.1, -0.05) is 40.8 Å². The third-order valence-electron chi connectivity index (χ3n) is 8.23. The number of carbonyl (C=O) groups is 1. The zero-order valence-electron chi connectivity index (χ0n) is 21.0. The molecule has 3 atom stereocenters. The minimum absolute atomic E-state index is 0.0513. The molecule has 4 heterocycles. The first-order valence-corrected chi connectivity index (χ1v) is 14.1. The Morgan fingerprint density at radius 3 is 2.66 bits per heavy atom. The summed E-state index contributed by atoms with van der Waals surface area (Å²) in [6.45, 7) is 2.57. The highest BCUT2D eigenvalue weighted by atomic mass is 32.1. The summed E-state index contributed by atoms with van der Waals surface area (Å²) in [6.07, 6.45) is 6.21. The van der Waals surface area contributed by atoms with Crippen molar-refractivity contribution in [3.8, 4) is 11.3 Å². The summed E-state index contributed by atoms with van der Waals surface area (Å²) in [5, 5.41) is 14.5. The average Bonchev–Trinajstić information content (AvgIpc) is 3.41. The second-order valence-corrected chi connectivity index (χ2v) is 11.8. The zero-order valence-corrected chi connectivity index (χ0v) is 21.8. The molecule has 9 heteroatoms. The van der Waals surface area contributed by atoms with E-state index in [4.69, 9.17) is 9.26 Å². The van der Waals surface area contributed by atoms with Gasteiger partial charge in [0, 0.05) is 29.1 Å². The van der Waals surface area contributed by atoms with Crippen LogP contribution in [0.4, 0.5) is 9.52 Å². The molecule has 7 nitrogen and oxygen atoms in total. The Hall–Kier alpha value is -3.30. The van der Waals surface area contributed by atoms with E-state index in [0.717, 1.165) is 72.3 Å². The predicted octanol–water partition coefficient (Wildman–Crippen LogP) is 6.69. The summed E-state index contributed by atoms with van der Waals surface area (Å²) < 4.78 is 27.6. The molecule has 3 fully saturated rings. The van der Waals surface area contributed by atoms with Gasteiger partial charge in [-0.15, -0.1) is 0 Å². The summed E-state index contributed by atoms with van der Waals surface area (Å²) in [4.78, 5) is 18.3. The first-order valence-electron chi connectivity index (χ1n) is 13.2. The Balaban J connectivity index is 1.10. The summed E-state index contributed by atoms with van der Waals surface area (Å²) >= 11 is 1.37. The molecular formula is C29H28FN3O4S. The van der Waals surface area contributed by atoms with E-state index in [2.05, 4.69) is 34.1 Å². The van der Waals surface area contributed by atoms with Gasteiger partial charge in [-0.05, 0) is 63.1 Å². The molecule has 2 aliphatic heterocycles. The number of halogens is 1. The summed E-state index contributed by atoms with van der Waals surface area (Å²) in [7, 11) is 0. The number of hydrogen-bond acceptors (Lipinski definition) is 7. The number of benzene rings is 2. The molecule has 7 rings (SSSR count). The smallest absolute Gasteiger partial charge is 0.335 e. The number of piperidine rings is 1. The molecule has 0 spiro atoms. The molecule has 2 bridgehead atoms. The van der Waals surface area contributed by atoms with Crippen LogP contribution in [0.3, 0.4) is 0 Å². The molecule has 3 aliphatic rings. The standard InChI is InChI=1S/C29H28FN3O4S/c1-15-4-2-3-5-21(15)25-22(27(37-32-25)16-6-7-16)14-36-20-12-18-8-9-19(13-20)33(18)29-31-26-23(30)10-17(28(34)35)11-24(26)38-29/h2-5,10-11,16,18-20H,6-9,12-14H2,1H3,(H,34,35)/t18-,19+,20-. The molecule has 2 aromatic heterocycles. The van der Waals surface area contributed by atoms with Crippen LogP contribution < -0.4 is 4.90 Å². The van der Waals surface area contributed by atoms with Crippen molar-refractivity contribution in [1.82, 2.24) is 10.1 Å². The highest BCUT2D eigenvalue weighted by Crippen LogP contribution is 2.46. The SMILES string of the molecule is Cc1ccccc1-c1noc(C2CC2)c1CO[C@@H]1C[C@H]2CC[C@@H](C1)N2c1nc2c(F)cc(C(=O)O)cc2s1. The summed E-state index contributed by atoms with van der Waals surface area (Å²) in [5.41, 5.74) is 4.42. The fraction of sp³-hybridized carbons (Fsp3) is 0.414. The van der Waals surface area contributed by atoms with Gasteiger partial charge in [-0.3, -0.25) is 0 Å². The molecule has 1 N–H and O–H groups in total. The van der Waals surface area contributed by atoms with Gasteiger partial charge in [-0.25, -0.2) is 14.2 Å². The van der Waals surface area contributed by atoms with Crippen LogP contribution in [0.25, 0.3) is 21.5 Å². The van der Waals surface area contributed by atoms with Crippen LogP contribution in [-0.4, -0.2) is 39.4 Å². The van der Waals surface area contributed by atoms with E-state index in [-0.39, 0.29) is 29.3 Å². The normalized spacial score (nSPS) is 22.9.